The quantitative estimate of drug-likeness (QED) is 0.505. The Morgan fingerprint density at radius 2 is 2.30 bits per heavy atom. The van der Waals surface area contributed by atoms with Gasteiger partial charge in [0.2, 0.25) is 5.95 Å². The molecule has 0 N–H and O–H groups in total. The summed E-state index contributed by atoms with van der Waals surface area (Å²) in [4.78, 5) is 3.46. The third-order valence-corrected chi connectivity index (χ3v) is 1.11. The van der Waals surface area contributed by atoms with E-state index in [0.717, 1.165) is 0 Å². The minimum atomic E-state index is -0.692. The predicted molar refractivity (Wildman–Crippen MR) is 33.6 cm³/mol. The third-order valence-electron chi connectivity index (χ3n) is 1.11. The number of nitriles is 1. The van der Waals surface area contributed by atoms with Gasteiger partial charge in [0, 0.05) is 5.69 Å². The summed E-state index contributed by atoms with van der Waals surface area (Å²) in [6.45, 7) is 1.67. The monoisotopic (exact) mass is 136 g/mol. The van der Waals surface area contributed by atoms with E-state index in [-0.39, 0.29) is 5.56 Å². The van der Waals surface area contributed by atoms with Crippen LogP contribution in [-0.4, -0.2) is 4.98 Å². The maximum Gasteiger partial charge on any atom is 0.231 e. The highest BCUT2D eigenvalue weighted by Gasteiger charge is 1.99. The number of hydrogen-bond acceptors (Lipinski definition) is 2. The Morgan fingerprint density at radius 1 is 1.60 bits per heavy atom. The number of halogens is 1. The lowest BCUT2D eigenvalue weighted by atomic mass is 10.3. The second-order valence-electron chi connectivity index (χ2n) is 1.90. The Bertz CT molecular complexity index is 288. The van der Waals surface area contributed by atoms with Crippen molar-refractivity contribution < 1.29 is 4.39 Å². The molecule has 0 radical (unpaired) electrons. The fraction of sp³-hybridized carbons (Fsp3) is 0.143. The van der Waals surface area contributed by atoms with Gasteiger partial charge in [-0.3, -0.25) is 0 Å². The van der Waals surface area contributed by atoms with E-state index < -0.39 is 5.95 Å². The Hall–Kier alpha value is -1.43. The molecule has 0 aromatic carbocycles. The van der Waals surface area contributed by atoms with Gasteiger partial charge < -0.3 is 0 Å². The highest BCUT2D eigenvalue weighted by atomic mass is 19.1. The maximum atomic E-state index is 12.5. The summed E-state index contributed by atoms with van der Waals surface area (Å²) in [6, 6.07) is 4.70. The molecule has 0 aliphatic heterocycles. The van der Waals surface area contributed by atoms with E-state index in [1.807, 2.05) is 0 Å². The zero-order valence-corrected chi connectivity index (χ0v) is 5.43. The molecular weight excluding hydrogens is 131 g/mol. The first kappa shape index (κ1) is 6.69. The van der Waals surface area contributed by atoms with E-state index in [4.69, 9.17) is 5.26 Å². The number of aryl methyl sites for hydroxylation is 1. The maximum absolute atomic E-state index is 12.5. The van der Waals surface area contributed by atoms with Gasteiger partial charge in [0.05, 0.1) is 0 Å². The standard InChI is InChI=1S/C7H5FN2/c1-5-2-3-6(4-9)7(8)10-5/h2-3H,1H3. The van der Waals surface area contributed by atoms with Crippen LogP contribution in [0, 0.1) is 24.2 Å². The van der Waals surface area contributed by atoms with Gasteiger partial charge in [0.15, 0.2) is 0 Å². The number of hydrogen-bond donors (Lipinski definition) is 0. The van der Waals surface area contributed by atoms with Gasteiger partial charge in [-0.25, -0.2) is 4.98 Å². The molecule has 0 saturated carbocycles. The number of nitrogens with zero attached hydrogens (tertiary/aromatic N) is 2. The molecule has 0 fully saturated rings. The zero-order chi connectivity index (χ0) is 7.56. The topological polar surface area (TPSA) is 36.7 Å². The number of rotatable bonds is 0. The normalized spacial score (nSPS) is 8.90. The smallest absolute Gasteiger partial charge is 0.224 e. The van der Waals surface area contributed by atoms with Crippen LogP contribution in [-0.2, 0) is 0 Å². The van der Waals surface area contributed by atoms with Crippen molar-refractivity contribution in [2.24, 2.45) is 0 Å². The molecule has 50 valence electrons. The highest BCUT2D eigenvalue weighted by Crippen LogP contribution is 2.02. The highest BCUT2D eigenvalue weighted by molar-refractivity contribution is 5.27. The molecule has 0 amide bonds. The Balaban J connectivity index is 3.23. The largest absolute Gasteiger partial charge is 0.231 e. The van der Waals surface area contributed by atoms with Crippen molar-refractivity contribution in [2.75, 3.05) is 0 Å². The van der Waals surface area contributed by atoms with Gasteiger partial charge in [-0.2, -0.15) is 9.65 Å². The molecule has 1 aromatic rings. The lowest BCUT2D eigenvalue weighted by Gasteiger charge is -1.91. The number of pyridine rings is 1. The molecule has 10 heavy (non-hydrogen) atoms. The first-order chi connectivity index (χ1) is 4.74. The van der Waals surface area contributed by atoms with Gasteiger partial charge in [-0.1, -0.05) is 0 Å². The van der Waals surface area contributed by atoms with E-state index in [2.05, 4.69) is 4.98 Å². The fourth-order valence-electron chi connectivity index (χ4n) is 0.608. The van der Waals surface area contributed by atoms with Gasteiger partial charge in [-0.05, 0) is 19.1 Å². The van der Waals surface area contributed by atoms with E-state index in [1.54, 1.807) is 19.1 Å². The van der Waals surface area contributed by atoms with E-state index >= 15 is 0 Å². The van der Waals surface area contributed by atoms with Gasteiger partial charge in [-0.15, -0.1) is 0 Å². The van der Waals surface area contributed by atoms with Crippen molar-refractivity contribution in [1.29, 1.82) is 5.26 Å². The summed E-state index contributed by atoms with van der Waals surface area (Å²) in [7, 11) is 0. The summed E-state index contributed by atoms with van der Waals surface area (Å²) in [5, 5.41) is 8.28. The van der Waals surface area contributed by atoms with Crippen molar-refractivity contribution in [3.05, 3.63) is 29.3 Å². The zero-order valence-electron chi connectivity index (χ0n) is 5.43. The van der Waals surface area contributed by atoms with Crippen molar-refractivity contribution in [2.45, 2.75) is 6.92 Å². The Kier molecular flexibility index (Phi) is 1.63. The van der Waals surface area contributed by atoms with Crippen LogP contribution in [0.4, 0.5) is 4.39 Å². The second kappa shape index (κ2) is 2.44. The fourth-order valence-corrected chi connectivity index (χ4v) is 0.608. The van der Waals surface area contributed by atoms with Crippen LogP contribution in [0.2, 0.25) is 0 Å². The third kappa shape index (κ3) is 1.11. The first-order valence-electron chi connectivity index (χ1n) is 2.77. The first-order valence-corrected chi connectivity index (χ1v) is 2.77. The van der Waals surface area contributed by atoms with Crippen LogP contribution >= 0.6 is 0 Å². The van der Waals surface area contributed by atoms with Gasteiger partial charge >= 0.3 is 0 Å². The molecule has 0 spiro atoms. The van der Waals surface area contributed by atoms with Gasteiger partial charge in [0.25, 0.3) is 0 Å². The van der Waals surface area contributed by atoms with E-state index in [1.165, 1.54) is 6.07 Å². The minimum absolute atomic E-state index is 0.00870. The van der Waals surface area contributed by atoms with E-state index in [0.29, 0.717) is 5.69 Å². The summed E-state index contributed by atoms with van der Waals surface area (Å²) in [5.41, 5.74) is 0.571. The summed E-state index contributed by atoms with van der Waals surface area (Å²) >= 11 is 0. The van der Waals surface area contributed by atoms with Crippen molar-refractivity contribution in [3.8, 4) is 6.07 Å². The molecular formula is C7H5FN2. The molecule has 2 nitrogen and oxygen atoms in total. The molecule has 3 heteroatoms. The second-order valence-corrected chi connectivity index (χ2v) is 1.90. The molecule has 0 bridgehead atoms. The van der Waals surface area contributed by atoms with Crippen LogP contribution in [0.25, 0.3) is 0 Å². The minimum Gasteiger partial charge on any atom is -0.224 e. The molecule has 0 saturated heterocycles. The van der Waals surface area contributed by atoms with Crippen LogP contribution in [0.15, 0.2) is 12.1 Å². The molecule has 1 rings (SSSR count). The Morgan fingerprint density at radius 3 is 2.80 bits per heavy atom. The van der Waals surface area contributed by atoms with Crippen molar-refractivity contribution in [3.63, 3.8) is 0 Å². The van der Waals surface area contributed by atoms with Crippen LogP contribution in [0.3, 0.4) is 0 Å². The SMILES string of the molecule is Cc1ccc(C#N)c(F)n1. The summed E-state index contributed by atoms with van der Waals surface area (Å²) in [6.07, 6.45) is 0. The van der Waals surface area contributed by atoms with Crippen LogP contribution < -0.4 is 0 Å². The average molecular weight is 136 g/mol. The van der Waals surface area contributed by atoms with Crippen LogP contribution in [0.1, 0.15) is 11.3 Å². The van der Waals surface area contributed by atoms with Crippen LogP contribution in [0.5, 0.6) is 0 Å². The summed E-state index contributed by atoms with van der Waals surface area (Å²) in [5.74, 6) is -0.692. The lowest BCUT2D eigenvalue weighted by Crippen LogP contribution is -1.90. The predicted octanol–water partition coefficient (Wildman–Crippen LogP) is 1.40. The molecule has 1 heterocycles. The van der Waals surface area contributed by atoms with Gasteiger partial charge in [0.1, 0.15) is 11.6 Å². The van der Waals surface area contributed by atoms with Crippen molar-refractivity contribution in [1.82, 2.24) is 4.98 Å². The molecule has 0 unspecified atom stereocenters. The Labute approximate surface area is 57.9 Å². The summed E-state index contributed by atoms with van der Waals surface area (Å²) < 4.78 is 12.5. The molecule has 0 aliphatic carbocycles. The molecule has 0 aliphatic rings. The molecule has 0 atom stereocenters. The molecule has 1 aromatic heterocycles. The van der Waals surface area contributed by atoms with E-state index in [9.17, 15) is 4.39 Å². The lowest BCUT2D eigenvalue weighted by molar-refractivity contribution is 0.576. The number of aromatic nitrogens is 1. The van der Waals surface area contributed by atoms with Crippen molar-refractivity contribution >= 4 is 0 Å². The average Bonchev–Trinajstić information content (AvgIpc) is 1.88.